The standard InChI is InChI=1S/C73H75N5O27/c1-37(79)89-33-51-59(96-39(3)81)62(98-41(5)83)55(77-66(85)46-26-16-17-27-47(46)67(77)86)71(101-51)95-35-50-57(91-30-43-20-10-7-11-21-43)64(105-72-56(78-68(87)48-28-18-19-29-49(48)69(78)88)63(99-42(6)84)60(97-40(4)82)52(102-72)34-90-38(2)80)65(93-32-45-24-14-9-15-25-45)73(103-50)104-58-53-36-94-70(100-53)54(75-76-74)61(58)92-31-44-22-12-8-13-23-44/h7-29,50-65,70-73H,30-36H2,1-6H3/t50-,51-,52-,53-,54-,55-,56-,57+,58-,59-,60-,61-,62-,63-,64+,65-,70-,71-,72+,73+/m1/s1. The summed E-state index contributed by atoms with van der Waals surface area (Å²) in [6.45, 7) is 3.20. The minimum absolute atomic E-state index is 0.0745. The summed E-state index contributed by atoms with van der Waals surface area (Å²) in [5, 5.41) is 4.11. The van der Waals surface area contributed by atoms with Crippen molar-refractivity contribution in [3.63, 3.8) is 0 Å². The Morgan fingerprint density at radius 1 is 0.410 bits per heavy atom. The summed E-state index contributed by atoms with van der Waals surface area (Å²) in [5.74, 6) is -9.30. The molecule has 5 saturated heterocycles. The van der Waals surface area contributed by atoms with Gasteiger partial charge in [0, 0.05) is 46.5 Å². The van der Waals surface area contributed by atoms with Crippen LogP contribution >= 0.6 is 0 Å². The summed E-state index contributed by atoms with van der Waals surface area (Å²) in [4.78, 5) is 144. The molecule has 2 bridgehead atoms. The maximum Gasteiger partial charge on any atom is 0.303 e. The Balaban J connectivity index is 1.05. The number of fused-ring (bicyclic) bond motifs is 4. The second-order valence-electron chi connectivity index (χ2n) is 25.5. The molecule has 0 unspecified atom stereocenters. The molecular weight excluding hydrogens is 1380 g/mol. The highest BCUT2D eigenvalue weighted by atomic mass is 16.8. The molecule has 0 N–H and O–H groups in total. The van der Waals surface area contributed by atoms with Crippen molar-refractivity contribution in [2.24, 2.45) is 5.11 Å². The van der Waals surface area contributed by atoms with Crippen LogP contribution in [0.3, 0.4) is 0 Å². The largest absolute Gasteiger partial charge is 0.463 e. The zero-order chi connectivity index (χ0) is 74.2. The zero-order valence-corrected chi connectivity index (χ0v) is 57.5. The van der Waals surface area contributed by atoms with Crippen molar-refractivity contribution in [2.75, 3.05) is 26.4 Å². The SMILES string of the molecule is CC(=O)OC[C@H]1O[C@@H](OC[C@H]2O[C@@H](O[C@H]3[C@H](OCc4ccccc4)[C@@H](N=[N+]=[N-])[C@@H]4OC[C@H]3O4)[C@H](OCc3ccccc3)[C@@H](O[C@@H]3O[C@H](COC(C)=O)[C@@H](OC(C)=O)[C@H](OC(C)=O)[C@H]3N3C(=O)c4ccccc4C3=O)[C@H]2OCc2ccccc2)[C@H](N2C(=O)c3ccccc3C2=O)[C@@H](OC(C)=O)[C@@H]1OC(C)=O. The minimum atomic E-state index is -2.11. The fourth-order valence-corrected chi connectivity index (χ4v) is 13.9. The van der Waals surface area contributed by atoms with Crippen molar-refractivity contribution in [1.29, 1.82) is 0 Å². The molecule has 5 aromatic rings. The van der Waals surface area contributed by atoms with Crippen molar-refractivity contribution >= 4 is 59.4 Å². The first kappa shape index (κ1) is 74.8. The molecule has 4 amide bonds. The number of rotatable bonds is 27. The Morgan fingerprint density at radius 2 is 0.781 bits per heavy atom. The number of esters is 6. The summed E-state index contributed by atoms with van der Waals surface area (Å²) in [6.07, 6.45) is -28.1. The molecule has 0 spiro atoms. The van der Waals surface area contributed by atoms with Gasteiger partial charge in [0.25, 0.3) is 23.6 Å². The summed E-state index contributed by atoms with van der Waals surface area (Å²) >= 11 is 0. The fraction of sp³-hybridized carbons (Fsp3) is 0.452. The molecule has 7 aliphatic rings. The Labute approximate surface area is 600 Å². The highest BCUT2D eigenvalue weighted by Crippen LogP contribution is 2.43. The summed E-state index contributed by atoms with van der Waals surface area (Å²) in [7, 11) is 0. The first-order valence-electron chi connectivity index (χ1n) is 33.7. The molecule has 0 aromatic heterocycles. The van der Waals surface area contributed by atoms with E-state index in [1.807, 2.05) is 6.07 Å². The molecule has 32 nitrogen and oxygen atoms in total. The lowest BCUT2D eigenvalue weighted by Gasteiger charge is -2.52. The van der Waals surface area contributed by atoms with Crippen molar-refractivity contribution in [2.45, 2.75) is 184 Å². The van der Waals surface area contributed by atoms with E-state index >= 15 is 9.59 Å². The Kier molecular flexibility index (Phi) is 23.8. The van der Waals surface area contributed by atoms with E-state index in [9.17, 15) is 43.9 Å². The lowest BCUT2D eigenvalue weighted by atomic mass is 9.93. The van der Waals surface area contributed by atoms with Gasteiger partial charge in [-0.25, -0.2) is 0 Å². The minimum Gasteiger partial charge on any atom is -0.463 e. The van der Waals surface area contributed by atoms with E-state index in [2.05, 4.69) is 10.0 Å². The predicted molar refractivity (Wildman–Crippen MR) is 351 cm³/mol. The molecule has 5 aromatic carbocycles. The molecule has 0 radical (unpaired) electrons. The van der Waals surface area contributed by atoms with Crippen LogP contribution in [-0.2, 0) is 129 Å². The lowest BCUT2D eigenvalue weighted by molar-refractivity contribution is -0.379. The van der Waals surface area contributed by atoms with Crippen LogP contribution in [0.1, 0.15) is 99.7 Å². The molecule has 105 heavy (non-hydrogen) atoms. The van der Waals surface area contributed by atoms with E-state index in [0.29, 0.717) is 16.7 Å². The predicted octanol–water partition coefficient (Wildman–Crippen LogP) is 5.32. The van der Waals surface area contributed by atoms with Gasteiger partial charge in [0.05, 0.1) is 55.3 Å². The molecule has 7 heterocycles. The first-order chi connectivity index (χ1) is 50.6. The number of hydrogen-bond acceptors (Lipinski definition) is 28. The van der Waals surface area contributed by atoms with E-state index in [4.69, 9.17) is 80.5 Å². The third-order valence-corrected chi connectivity index (χ3v) is 18.3. The Hall–Kier alpha value is -9.93. The monoisotopic (exact) mass is 1450 g/mol. The molecule has 32 heteroatoms. The van der Waals surface area contributed by atoms with Gasteiger partial charge in [-0.15, -0.1) is 0 Å². The van der Waals surface area contributed by atoms with Gasteiger partial charge in [0.1, 0.15) is 86.3 Å². The van der Waals surface area contributed by atoms with Crippen LogP contribution in [-0.4, -0.2) is 218 Å². The van der Waals surface area contributed by atoms with Gasteiger partial charge in [-0.3, -0.25) is 57.7 Å². The van der Waals surface area contributed by atoms with Crippen LogP contribution in [0.15, 0.2) is 145 Å². The van der Waals surface area contributed by atoms with Gasteiger partial charge in [0.2, 0.25) is 0 Å². The fourth-order valence-electron chi connectivity index (χ4n) is 13.9. The van der Waals surface area contributed by atoms with Gasteiger partial charge in [-0.1, -0.05) is 120 Å². The molecule has 20 atom stereocenters. The average Bonchev–Trinajstić information content (AvgIpc) is 1.68. The van der Waals surface area contributed by atoms with E-state index < -0.39 is 202 Å². The topological polar surface area (TPSA) is 383 Å². The van der Waals surface area contributed by atoms with Crippen LogP contribution in [0.5, 0.6) is 0 Å². The molecule has 554 valence electrons. The Bertz CT molecular complexity index is 4000. The van der Waals surface area contributed by atoms with Crippen LogP contribution in [0.2, 0.25) is 0 Å². The average molecular weight is 1450 g/mol. The summed E-state index contributed by atoms with van der Waals surface area (Å²) < 4.78 is 111. The third-order valence-electron chi connectivity index (χ3n) is 18.3. The number of nitrogens with zero attached hydrogens (tertiary/aromatic N) is 5. The number of amides is 4. The van der Waals surface area contributed by atoms with Crippen LogP contribution in [0.25, 0.3) is 10.4 Å². The maximum absolute atomic E-state index is 15.2. The number of benzene rings is 5. The van der Waals surface area contributed by atoms with E-state index in [1.165, 1.54) is 48.5 Å². The number of hydrogen-bond donors (Lipinski definition) is 0. The normalized spacial score (nSPS) is 30.3. The summed E-state index contributed by atoms with van der Waals surface area (Å²) in [6, 6.07) is 33.0. The third kappa shape index (κ3) is 16.8. The number of carbonyl (C=O) groups is 10. The van der Waals surface area contributed by atoms with E-state index in [1.54, 1.807) is 84.9 Å². The van der Waals surface area contributed by atoms with Gasteiger partial charge in [0.15, 0.2) is 49.6 Å². The number of imide groups is 2. The van der Waals surface area contributed by atoms with Crippen LogP contribution < -0.4 is 0 Å². The molecule has 0 aliphatic carbocycles. The highest BCUT2D eigenvalue weighted by Gasteiger charge is 2.63. The second kappa shape index (κ2) is 33.5. The molecule has 7 aliphatic heterocycles. The van der Waals surface area contributed by atoms with Crippen molar-refractivity contribution in [3.8, 4) is 0 Å². The Morgan fingerprint density at radius 3 is 1.21 bits per heavy atom. The summed E-state index contributed by atoms with van der Waals surface area (Å²) in [5.41, 5.74) is 11.6. The van der Waals surface area contributed by atoms with E-state index in [0.717, 1.165) is 51.3 Å². The molecule has 5 fully saturated rings. The quantitative estimate of drug-likeness (QED) is 0.0160. The van der Waals surface area contributed by atoms with Crippen LogP contribution in [0, 0.1) is 0 Å². The van der Waals surface area contributed by atoms with Crippen molar-refractivity contribution < 1.29 is 128 Å². The van der Waals surface area contributed by atoms with Gasteiger partial charge >= 0.3 is 35.8 Å². The number of ether oxygens (including phenoxy) is 17. The van der Waals surface area contributed by atoms with Gasteiger partial charge < -0.3 is 80.5 Å². The number of azide groups is 1. The molecular formula is C73H75N5O27. The molecule has 0 saturated carbocycles. The molecule has 12 rings (SSSR count). The lowest BCUT2D eigenvalue weighted by Crippen LogP contribution is -2.70. The maximum atomic E-state index is 15.2. The van der Waals surface area contributed by atoms with E-state index in [-0.39, 0.29) is 48.7 Å². The first-order valence-corrected chi connectivity index (χ1v) is 33.7. The van der Waals surface area contributed by atoms with Crippen molar-refractivity contribution in [3.05, 3.63) is 189 Å². The van der Waals surface area contributed by atoms with Gasteiger partial charge in [-0.2, -0.15) is 0 Å². The van der Waals surface area contributed by atoms with Gasteiger partial charge in [-0.05, 0) is 46.5 Å². The second-order valence-corrected chi connectivity index (χ2v) is 25.5. The van der Waals surface area contributed by atoms with Crippen LogP contribution in [0.4, 0.5) is 0 Å². The highest BCUT2D eigenvalue weighted by molar-refractivity contribution is 6.22. The number of carbonyl (C=O) groups excluding carboxylic acids is 10. The van der Waals surface area contributed by atoms with Crippen molar-refractivity contribution in [1.82, 2.24) is 9.80 Å². The zero-order valence-electron chi connectivity index (χ0n) is 57.5. The smallest absolute Gasteiger partial charge is 0.303 e.